The summed E-state index contributed by atoms with van der Waals surface area (Å²) in [4.78, 5) is 0. The van der Waals surface area contributed by atoms with E-state index >= 15 is 0 Å². The summed E-state index contributed by atoms with van der Waals surface area (Å²) in [6.45, 7) is 2.36. The van der Waals surface area contributed by atoms with E-state index in [4.69, 9.17) is 5.26 Å². The van der Waals surface area contributed by atoms with Crippen LogP contribution in [0.4, 0.5) is 0 Å². The van der Waals surface area contributed by atoms with Crippen molar-refractivity contribution >= 4 is 10.8 Å². The minimum Gasteiger partial charge on any atom is -0.302 e. The maximum Gasteiger partial charge on any atom is 0.0842 e. The second kappa shape index (κ2) is 6.32. The highest BCUT2D eigenvalue weighted by Crippen LogP contribution is 1.91. The zero-order chi connectivity index (χ0) is 8.69. The van der Waals surface area contributed by atoms with E-state index in [2.05, 4.69) is 5.32 Å². The molecule has 0 aliphatic heterocycles. The highest BCUT2D eigenvalue weighted by molar-refractivity contribution is 7.84. The molecule has 0 radical (unpaired) electrons. The molecule has 4 heteroatoms. The van der Waals surface area contributed by atoms with Crippen LogP contribution in [-0.2, 0) is 10.8 Å². The van der Waals surface area contributed by atoms with Gasteiger partial charge in [0.1, 0.15) is 0 Å². The number of rotatable bonds is 5. The maximum atomic E-state index is 10.6. The molecule has 0 rings (SSSR count). The van der Waals surface area contributed by atoms with E-state index in [0.29, 0.717) is 18.3 Å². The molecule has 2 unspecified atom stereocenters. The first-order valence-electron chi connectivity index (χ1n) is 3.57. The van der Waals surface area contributed by atoms with Crippen molar-refractivity contribution in [1.29, 1.82) is 5.26 Å². The number of nitrogens with zero attached hydrogens (tertiary/aromatic N) is 1. The van der Waals surface area contributed by atoms with Crippen LogP contribution < -0.4 is 5.32 Å². The fourth-order valence-electron chi connectivity index (χ4n) is 0.665. The van der Waals surface area contributed by atoms with E-state index in [1.54, 1.807) is 6.26 Å². The summed E-state index contributed by atoms with van der Waals surface area (Å²) in [6.07, 6.45) is 2.56. The molecule has 0 spiro atoms. The second-order valence-electron chi connectivity index (χ2n) is 2.51. The van der Waals surface area contributed by atoms with Gasteiger partial charge in [0.2, 0.25) is 0 Å². The topological polar surface area (TPSA) is 52.9 Å². The van der Waals surface area contributed by atoms with Crippen molar-refractivity contribution in [3.05, 3.63) is 0 Å². The zero-order valence-corrected chi connectivity index (χ0v) is 7.78. The van der Waals surface area contributed by atoms with E-state index in [9.17, 15) is 4.21 Å². The monoisotopic (exact) mass is 174 g/mol. The number of hydrogen-bond acceptors (Lipinski definition) is 3. The zero-order valence-electron chi connectivity index (χ0n) is 6.96. The van der Waals surface area contributed by atoms with Crippen LogP contribution >= 0.6 is 0 Å². The minimum atomic E-state index is -0.715. The van der Waals surface area contributed by atoms with Crippen molar-refractivity contribution in [1.82, 2.24) is 5.32 Å². The Morgan fingerprint density at radius 2 is 2.36 bits per heavy atom. The van der Waals surface area contributed by atoms with Crippen LogP contribution in [0, 0.1) is 11.3 Å². The van der Waals surface area contributed by atoms with Crippen LogP contribution in [-0.4, -0.2) is 28.8 Å². The third-order valence-corrected chi connectivity index (χ3v) is 2.18. The molecule has 0 fully saturated rings. The number of nitriles is 1. The summed E-state index contributed by atoms with van der Waals surface area (Å²) < 4.78 is 10.6. The molecule has 11 heavy (non-hydrogen) atoms. The number of hydrogen-bond donors (Lipinski definition) is 1. The fraction of sp³-hybridized carbons (Fsp3) is 0.857. The highest BCUT2D eigenvalue weighted by atomic mass is 32.2. The van der Waals surface area contributed by atoms with Gasteiger partial charge in [-0.15, -0.1) is 0 Å². The van der Waals surface area contributed by atoms with Gasteiger partial charge in [-0.05, 0) is 13.3 Å². The molecule has 0 amide bonds. The van der Waals surface area contributed by atoms with Gasteiger partial charge in [0.25, 0.3) is 0 Å². The molecule has 3 nitrogen and oxygen atoms in total. The molecule has 0 aromatic carbocycles. The van der Waals surface area contributed by atoms with Crippen LogP contribution in [0.15, 0.2) is 0 Å². The average Bonchev–Trinajstić information content (AvgIpc) is 1.97. The Morgan fingerprint density at radius 1 is 1.73 bits per heavy atom. The van der Waals surface area contributed by atoms with Gasteiger partial charge in [0, 0.05) is 28.9 Å². The van der Waals surface area contributed by atoms with Crippen LogP contribution in [0.25, 0.3) is 0 Å². The Balaban J connectivity index is 3.31. The first kappa shape index (κ1) is 10.6. The average molecular weight is 174 g/mol. The van der Waals surface area contributed by atoms with E-state index in [1.165, 1.54) is 0 Å². The Labute approximate surface area is 70.2 Å². The van der Waals surface area contributed by atoms with Crippen molar-refractivity contribution in [2.45, 2.75) is 19.4 Å². The summed E-state index contributed by atoms with van der Waals surface area (Å²) in [7, 11) is -0.715. The van der Waals surface area contributed by atoms with E-state index in [0.717, 1.165) is 6.42 Å². The van der Waals surface area contributed by atoms with Gasteiger partial charge in [-0.3, -0.25) is 4.21 Å². The molecule has 2 atom stereocenters. The number of nitrogens with one attached hydrogen (secondary N) is 1. The van der Waals surface area contributed by atoms with Gasteiger partial charge in [0.05, 0.1) is 12.6 Å². The third kappa shape index (κ3) is 7.50. The first-order valence-corrected chi connectivity index (χ1v) is 5.30. The van der Waals surface area contributed by atoms with Crippen molar-refractivity contribution < 1.29 is 4.21 Å². The molecular weight excluding hydrogens is 160 g/mol. The van der Waals surface area contributed by atoms with E-state index in [1.807, 2.05) is 13.0 Å². The van der Waals surface area contributed by atoms with Gasteiger partial charge in [0.15, 0.2) is 0 Å². The molecular formula is C7H14N2OS. The largest absolute Gasteiger partial charge is 0.302 e. The maximum absolute atomic E-state index is 10.6. The third-order valence-electron chi connectivity index (χ3n) is 1.37. The quantitative estimate of drug-likeness (QED) is 0.608. The molecule has 0 aliphatic carbocycles. The highest BCUT2D eigenvalue weighted by Gasteiger charge is 2.00. The second-order valence-corrected chi connectivity index (χ2v) is 4.06. The van der Waals surface area contributed by atoms with Crippen LogP contribution in [0.1, 0.15) is 13.3 Å². The van der Waals surface area contributed by atoms with Crippen molar-refractivity contribution in [3.63, 3.8) is 0 Å². The summed E-state index contributed by atoms with van der Waals surface area (Å²) in [6, 6.07) is 2.29. The van der Waals surface area contributed by atoms with Crippen LogP contribution in [0.5, 0.6) is 0 Å². The molecule has 0 saturated carbocycles. The summed E-state index contributed by atoms with van der Waals surface area (Å²) in [5.41, 5.74) is 0. The minimum absolute atomic E-state index is 0.290. The lowest BCUT2D eigenvalue weighted by atomic mass is 10.3. The molecule has 0 bridgehead atoms. The van der Waals surface area contributed by atoms with Gasteiger partial charge < -0.3 is 5.32 Å². The molecule has 64 valence electrons. The lowest BCUT2D eigenvalue weighted by Crippen LogP contribution is -2.27. The molecule has 0 aliphatic rings. The lowest BCUT2D eigenvalue weighted by Gasteiger charge is -2.08. The standard InChI is InChI=1S/C7H14N2OS/c1-7(9-5-4-8)3-6-11(2)10/h7,9H,3,5-6H2,1-2H3. The van der Waals surface area contributed by atoms with Crippen LogP contribution in [0.3, 0.4) is 0 Å². The van der Waals surface area contributed by atoms with Crippen LogP contribution in [0.2, 0.25) is 0 Å². The van der Waals surface area contributed by atoms with Gasteiger partial charge in [-0.25, -0.2) is 0 Å². The van der Waals surface area contributed by atoms with E-state index in [-0.39, 0.29) is 0 Å². The molecule has 0 aromatic rings. The molecule has 0 aromatic heterocycles. The van der Waals surface area contributed by atoms with E-state index < -0.39 is 10.8 Å². The van der Waals surface area contributed by atoms with Gasteiger partial charge >= 0.3 is 0 Å². The molecule has 1 N–H and O–H groups in total. The summed E-state index contributed by atoms with van der Waals surface area (Å²) in [5, 5.41) is 11.2. The Bertz CT molecular complexity index is 164. The Kier molecular flexibility index (Phi) is 6.09. The first-order chi connectivity index (χ1) is 5.16. The van der Waals surface area contributed by atoms with Crippen molar-refractivity contribution in [2.24, 2.45) is 0 Å². The van der Waals surface area contributed by atoms with Crippen molar-refractivity contribution in [2.75, 3.05) is 18.6 Å². The summed E-state index contributed by atoms with van der Waals surface area (Å²) >= 11 is 0. The summed E-state index contributed by atoms with van der Waals surface area (Å²) in [5.74, 6) is 0.708. The lowest BCUT2D eigenvalue weighted by molar-refractivity contribution is 0.570. The van der Waals surface area contributed by atoms with Gasteiger partial charge in [-0.2, -0.15) is 5.26 Å². The Morgan fingerprint density at radius 3 is 2.82 bits per heavy atom. The predicted octanol–water partition coefficient (Wildman–Crippen LogP) is 0.257. The molecule has 0 heterocycles. The smallest absolute Gasteiger partial charge is 0.0842 e. The normalized spacial score (nSPS) is 15.4. The Hall–Kier alpha value is -0.400. The predicted molar refractivity (Wildman–Crippen MR) is 46.6 cm³/mol. The van der Waals surface area contributed by atoms with Gasteiger partial charge in [-0.1, -0.05) is 0 Å². The fourth-order valence-corrected chi connectivity index (χ4v) is 1.35. The van der Waals surface area contributed by atoms with Crippen molar-refractivity contribution in [3.8, 4) is 6.07 Å². The molecule has 0 saturated heterocycles. The SMILES string of the molecule is CC(CCS(C)=O)NCC#N.